The minimum Gasteiger partial charge on any atom is -0.394 e. The Morgan fingerprint density at radius 2 is 2.00 bits per heavy atom. The first-order valence-corrected chi connectivity index (χ1v) is 6.41. The second kappa shape index (κ2) is 5.38. The summed E-state index contributed by atoms with van der Waals surface area (Å²) in [6.45, 7) is 5.77. The zero-order valence-corrected chi connectivity index (χ0v) is 12.3. The summed E-state index contributed by atoms with van der Waals surface area (Å²) in [4.78, 5) is 2.02. The summed E-state index contributed by atoms with van der Waals surface area (Å²) in [5.74, 6) is 0. The van der Waals surface area contributed by atoms with E-state index in [2.05, 4.69) is 15.9 Å². The van der Waals surface area contributed by atoms with Crippen molar-refractivity contribution in [2.24, 2.45) is 0 Å². The second-order valence-corrected chi connectivity index (χ2v) is 5.77. The lowest BCUT2D eigenvalue weighted by atomic mass is 10.0. The van der Waals surface area contributed by atoms with Gasteiger partial charge in [0.25, 0.3) is 0 Å². The van der Waals surface area contributed by atoms with Gasteiger partial charge in [-0.1, -0.05) is 22.0 Å². The van der Waals surface area contributed by atoms with E-state index in [1.54, 1.807) is 6.92 Å². The molecule has 0 heterocycles. The van der Waals surface area contributed by atoms with E-state index >= 15 is 0 Å². The van der Waals surface area contributed by atoms with Crippen molar-refractivity contribution >= 4 is 21.6 Å². The first kappa shape index (κ1) is 14.5. The van der Waals surface area contributed by atoms with Gasteiger partial charge in [-0.2, -0.15) is 0 Å². The molecule has 1 rings (SSSR count). The van der Waals surface area contributed by atoms with Crippen LogP contribution in [0, 0.1) is 0 Å². The SMILES string of the molecule is C[C@@H](O)c1ccc(N(C)C(C)(C)CO)cc1Br. The molecular formula is C13H20BrNO2. The molecule has 0 amide bonds. The lowest BCUT2D eigenvalue weighted by Crippen LogP contribution is -2.44. The van der Waals surface area contributed by atoms with E-state index in [4.69, 9.17) is 0 Å². The Kier molecular flexibility index (Phi) is 4.58. The molecule has 3 nitrogen and oxygen atoms in total. The molecule has 0 saturated carbocycles. The molecule has 0 radical (unpaired) electrons. The fourth-order valence-corrected chi connectivity index (χ4v) is 2.22. The third-order valence-corrected chi connectivity index (χ3v) is 3.80. The molecule has 1 atom stereocenters. The number of hydrogen-bond donors (Lipinski definition) is 2. The van der Waals surface area contributed by atoms with Crippen molar-refractivity contribution in [2.45, 2.75) is 32.4 Å². The summed E-state index contributed by atoms with van der Waals surface area (Å²) < 4.78 is 0.880. The molecule has 96 valence electrons. The summed E-state index contributed by atoms with van der Waals surface area (Å²) in [5.41, 5.74) is 1.55. The van der Waals surface area contributed by atoms with Crippen LogP contribution >= 0.6 is 15.9 Å². The Balaban J connectivity index is 3.06. The zero-order chi connectivity index (χ0) is 13.2. The second-order valence-electron chi connectivity index (χ2n) is 4.91. The fourth-order valence-electron chi connectivity index (χ4n) is 1.52. The molecule has 0 aromatic heterocycles. The number of aliphatic hydroxyl groups is 2. The Hall–Kier alpha value is -0.580. The van der Waals surface area contributed by atoms with Crippen molar-refractivity contribution in [1.29, 1.82) is 0 Å². The average Bonchev–Trinajstić information content (AvgIpc) is 2.27. The normalized spacial score (nSPS) is 13.6. The number of likely N-dealkylation sites (N-methyl/N-ethyl adjacent to an activating group) is 1. The lowest BCUT2D eigenvalue weighted by molar-refractivity contribution is 0.198. The van der Waals surface area contributed by atoms with Gasteiger partial charge in [0.2, 0.25) is 0 Å². The highest BCUT2D eigenvalue weighted by Gasteiger charge is 2.23. The first-order valence-electron chi connectivity index (χ1n) is 5.62. The van der Waals surface area contributed by atoms with Crippen LogP contribution in [0.25, 0.3) is 0 Å². The third-order valence-electron chi connectivity index (χ3n) is 3.12. The molecular weight excluding hydrogens is 282 g/mol. The number of anilines is 1. The molecule has 0 aliphatic carbocycles. The van der Waals surface area contributed by atoms with Gasteiger partial charge in [0.15, 0.2) is 0 Å². The van der Waals surface area contributed by atoms with E-state index in [-0.39, 0.29) is 12.1 Å². The lowest BCUT2D eigenvalue weighted by Gasteiger charge is -2.36. The molecule has 17 heavy (non-hydrogen) atoms. The molecule has 0 fully saturated rings. The zero-order valence-electron chi connectivity index (χ0n) is 10.7. The van der Waals surface area contributed by atoms with Gasteiger partial charge in [0, 0.05) is 17.2 Å². The Morgan fingerprint density at radius 1 is 1.41 bits per heavy atom. The molecule has 0 aliphatic rings. The van der Waals surface area contributed by atoms with Gasteiger partial charge >= 0.3 is 0 Å². The highest BCUT2D eigenvalue weighted by Crippen LogP contribution is 2.30. The molecule has 0 spiro atoms. The highest BCUT2D eigenvalue weighted by atomic mass is 79.9. The van der Waals surface area contributed by atoms with Crippen LogP contribution in [0.5, 0.6) is 0 Å². The van der Waals surface area contributed by atoms with Crippen LogP contribution in [0.1, 0.15) is 32.4 Å². The first-order chi connectivity index (χ1) is 7.79. The molecule has 0 aliphatic heterocycles. The predicted octanol–water partition coefficient (Wildman–Crippen LogP) is 2.71. The smallest absolute Gasteiger partial charge is 0.0772 e. The number of rotatable bonds is 4. The summed E-state index contributed by atoms with van der Waals surface area (Å²) >= 11 is 3.46. The van der Waals surface area contributed by atoms with Crippen molar-refractivity contribution in [3.8, 4) is 0 Å². The van der Waals surface area contributed by atoms with Crippen LogP contribution in [0.3, 0.4) is 0 Å². The van der Waals surface area contributed by atoms with Gasteiger partial charge in [-0.3, -0.25) is 0 Å². The Bertz CT molecular complexity index is 391. The minimum atomic E-state index is -0.491. The molecule has 0 unspecified atom stereocenters. The van der Waals surface area contributed by atoms with Gasteiger partial charge in [0.1, 0.15) is 0 Å². The van der Waals surface area contributed by atoms with Crippen LogP contribution in [0.2, 0.25) is 0 Å². The number of nitrogens with zero attached hydrogens (tertiary/aromatic N) is 1. The molecule has 1 aromatic carbocycles. The molecule has 0 saturated heterocycles. The molecule has 0 bridgehead atoms. The van der Waals surface area contributed by atoms with E-state index in [1.807, 2.05) is 44.0 Å². The molecule has 2 N–H and O–H groups in total. The number of aliphatic hydroxyl groups excluding tert-OH is 2. The van der Waals surface area contributed by atoms with Crippen LogP contribution in [-0.4, -0.2) is 29.4 Å². The van der Waals surface area contributed by atoms with Crippen LogP contribution < -0.4 is 4.90 Å². The van der Waals surface area contributed by atoms with Gasteiger partial charge < -0.3 is 15.1 Å². The van der Waals surface area contributed by atoms with Crippen molar-refractivity contribution in [1.82, 2.24) is 0 Å². The maximum atomic E-state index is 9.56. The monoisotopic (exact) mass is 301 g/mol. The van der Waals surface area contributed by atoms with Gasteiger partial charge in [-0.05, 0) is 38.5 Å². The van der Waals surface area contributed by atoms with E-state index in [1.165, 1.54) is 0 Å². The van der Waals surface area contributed by atoms with Gasteiger partial charge in [-0.15, -0.1) is 0 Å². The van der Waals surface area contributed by atoms with E-state index < -0.39 is 6.10 Å². The van der Waals surface area contributed by atoms with Crippen molar-refractivity contribution in [3.05, 3.63) is 28.2 Å². The summed E-state index contributed by atoms with van der Waals surface area (Å²) in [6.07, 6.45) is -0.491. The Labute approximate surface area is 111 Å². The van der Waals surface area contributed by atoms with Gasteiger partial charge in [0.05, 0.1) is 18.2 Å². The van der Waals surface area contributed by atoms with E-state index in [9.17, 15) is 10.2 Å². The predicted molar refractivity (Wildman–Crippen MR) is 74.3 cm³/mol. The third kappa shape index (κ3) is 3.21. The number of halogens is 1. The maximum Gasteiger partial charge on any atom is 0.0772 e. The summed E-state index contributed by atoms with van der Waals surface area (Å²) in [7, 11) is 1.94. The number of hydrogen-bond acceptors (Lipinski definition) is 3. The summed E-state index contributed by atoms with van der Waals surface area (Å²) in [5, 5.41) is 18.9. The molecule has 1 aromatic rings. The fraction of sp³-hybridized carbons (Fsp3) is 0.538. The molecule has 4 heteroatoms. The van der Waals surface area contributed by atoms with Crippen molar-refractivity contribution < 1.29 is 10.2 Å². The van der Waals surface area contributed by atoms with Gasteiger partial charge in [-0.25, -0.2) is 0 Å². The van der Waals surface area contributed by atoms with E-state index in [0.717, 1.165) is 15.7 Å². The Morgan fingerprint density at radius 3 is 2.41 bits per heavy atom. The van der Waals surface area contributed by atoms with E-state index in [0.29, 0.717) is 0 Å². The van der Waals surface area contributed by atoms with Crippen molar-refractivity contribution in [2.75, 3.05) is 18.6 Å². The quantitative estimate of drug-likeness (QED) is 0.899. The topological polar surface area (TPSA) is 43.7 Å². The van der Waals surface area contributed by atoms with Crippen LogP contribution in [0.4, 0.5) is 5.69 Å². The summed E-state index contributed by atoms with van der Waals surface area (Å²) in [6, 6.07) is 5.80. The number of benzene rings is 1. The van der Waals surface area contributed by atoms with Crippen molar-refractivity contribution in [3.63, 3.8) is 0 Å². The minimum absolute atomic E-state index is 0.0826. The largest absolute Gasteiger partial charge is 0.394 e. The van der Waals surface area contributed by atoms with Crippen LogP contribution in [0.15, 0.2) is 22.7 Å². The highest BCUT2D eigenvalue weighted by molar-refractivity contribution is 9.10. The van der Waals surface area contributed by atoms with Crippen LogP contribution in [-0.2, 0) is 0 Å². The maximum absolute atomic E-state index is 9.56. The standard InChI is InChI=1S/C13H20BrNO2/c1-9(17)11-6-5-10(7-12(11)14)15(4)13(2,3)8-16/h5-7,9,16-17H,8H2,1-4H3/t9-/m1/s1. The average molecular weight is 302 g/mol.